The van der Waals surface area contributed by atoms with Gasteiger partial charge in [0.2, 0.25) is 0 Å². The van der Waals surface area contributed by atoms with Gasteiger partial charge in [-0.2, -0.15) is 0 Å². The summed E-state index contributed by atoms with van der Waals surface area (Å²) in [4.78, 5) is 12.1. The van der Waals surface area contributed by atoms with Crippen LogP contribution in [0.1, 0.15) is 32.6 Å². The van der Waals surface area contributed by atoms with Crippen molar-refractivity contribution in [1.29, 1.82) is 0 Å². The predicted octanol–water partition coefficient (Wildman–Crippen LogP) is 4.07. The first-order valence-electron chi connectivity index (χ1n) is 8.63. The monoisotopic (exact) mass is 370 g/mol. The number of anilines is 1. The number of carbonyl (C=O) groups excluding carboxylic acids is 1. The molecule has 0 heterocycles. The predicted molar refractivity (Wildman–Crippen MR) is 98.9 cm³/mol. The molecule has 0 radical (unpaired) electrons. The minimum Gasteiger partial charge on any atom is -0.495 e. The molecule has 1 aliphatic carbocycles. The Balaban J connectivity index is 1.80. The van der Waals surface area contributed by atoms with Gasteiger partial charge >= 0.3 is 6.03 Å². The molecule has 1 aliphatic rings. The standard InChI is InChI=1S/C18H27ClN2O4/c1-12-6-4-5-7-15(12)25-9-8-20-18(22)21-14-11-16(23-2)13(19)10-17(14)24-3/h10-12,15H,4-9H2,1-3H3,(H2,20,21,22)/t12-,15-/m0/s1. The highest BCUT2D eigenvalue weighted by molar-refractivity contribution is 6.32. The molecule has 6 nitrogen and oxygen atoms in total. The van der Waals surface area contributed by atoms with Crippen LogP contribution in [0.2, 0.25) is 5.02 Å². The van der Waals surface area contributed by atoms with Crippen LogP contribution in [0.3, 0.4) is 0 Å². The van der Waals surface area contributed by atoms with Crippen LogP contribution in [0.4, 0.5) is 10.5 Å². The summed E-state index contributed by atoms with van der Waals surface area (Å²) in [6, 6.07) is 2.90. The number of hydrogen-bond acceptors (Lipinski definition) is 4. The van der Waals surface area contributed by atoms with E-state index in [0.29, 0.717) is 47.4 Å². The molecule has 0 aliphatic heterocycles. The number of amides is 2. The number of carbonyl (C=O) groups is 1. The minimum atomic E-state index is -0.331. The van der Waals surface area contributed by atoms with Crippen molar-refractivity contribution in [3.63, 3.8) is 0 Å². The highest BCUT2D eigenvalue weighted by atomic mass is 35.5. The van der Waals surface area contributed by atoms with Crippen molar-refractivity contribution in [3.05, 3.63) is 17.2 Å². The van der Waals surface area contributed by atoms with E-state index in [-0.39, 0.29) is 6.03 Å². The number of nitrogens with one attached hydrogen (secondary N) is 2. The van der Waals surface area contributed by atoms with Crippen molar-refractivity contribution < 1.29 is 19.0 Å². The van der Waals surface area contributed by atoms with Crippen LogP contribution in [0.15, 0.2) is 12.1 Å². The van der Waals surface area contributed by atoms with Crippen molar-refractivity contribution in [1.82, 2.24) is 5.32 Å². The highest BCUT2D eigenvalue weighted by Crippen LogP contribution is 2.35. The van der Waals surface area contributed by atoms with Crippen molar-refractivity contribution in [3.8, 4) is 11.5 Å². The maximum atomic E-state index is 12.1. The minimum absolute atomic E-state index is 0.305. The number of methoxy groups -OCH3 is 2. The van der Waals surface area contributed by atoms with Gasteiger partial charge in [-0.1, -0.05) is 31.4 Å². The van der Waals surface area contributed by atoms with E-state index in [1.807, 2.05) is 0 Å². The first kappa shape index (κ1) is 19.7. The van der Waals surface area contributed by atoms with Gasteiger partial charge in [0.15, 0.2) is 0 Å². The number of urea groups is 1. The van der Waals surface area contributed by atoms with Gasteiger partial charge in [0.1, 0.15) is 11.5 Å². The fourth-order valence-electron chi connectivity index (χ4n) is 3.03. The van der Waals surface area contributed by atoms with Crippen LogP contribution in [0.25, 0.3) is 0 Å². The van der Waals surface area contributed by atoms with E-state index in [4.69, 9.17) is 25.8 Å². The van der Waals surface area contributed by atoms with Crippen LogP contribution < -0.4 is 20.1 Å². The normalized spacial score (nSPS) is 20.0. The van der Waals surface area contributed by atoms with E-state index in [9.17, 15) is 4.79 Å². The second-order valence-electron chi connectivity index (χ2n) is 6.24. The maximum Gasteiger partial charge on any atom is 0.319 e. The summed E-state index contributed by atoms with van der Waals surface area (Å²) < 4.78 is 16.3. The lowest BCUT2D eigenvalue weighted by Crippen LogP contribution is -2.34. The SMILES string of the molecule is COc1cc(NC(=O)NCCO[C@H]2CCCC[C@@H]2C)c(OC)cc1Cl. The van der Waals surface area contributed by atoms with Crippen molar-refractivity contribution in [2.24, 2.45) is 5.92 Å². The summed E-state index contributed by atoms with van der Waals surface area (Å²) in [7, 11) is 3.03. The number of ether oxygens (including phenoxy) is 3. The zero-order valence-electron chi connectivity index (χ0n) is 15.1. The highest BCUT2D eigenvalue weighted by Gasteiger charge is 2.21. The van der Waals surface area contributed by atoms with Crippen LogP contribution >= 0.6 is 11.6 Å². The molecule has 0 saturated heterocycles. The van der Waals surface area contributed by atoms with Gasteiger partial charge in [-0.15, -0.1) is 0 Å². The molecule has 1 saturated carbocycles. The maximum absolute atomic E-state index is 12.1. The van der Waals surface area contributed by atoms with Crippen molar-refractivity contribution in [2.45, 2.75) is 38.7 Å². The van der Waals surface area contributed by atoms with Gasteiger partial charge in [0.05, 0.1) is 37.6 Å². The zero-order chi connectivity index (χ0) is 18.2. The van der Waals surface area contributed by atoms with E-state index in [0.717, 1.165) is 6.42 Å². The average Bonchev–Trinajstić information content (AvgIpc) is 2.61. The summed E-state index contributed by atoms with van der Waals surface area (Å²) in [6.45, 7) is 3.18. The molecule has 1 aromatic rings. The lowest BCUT2D eigenvalue weighted by atomic mass is 9.88. The van der Waals surface area contributed by atoms with Crippen LogP contribution in [-0.4, -0.2) is 39.5 Å². The first-order valence-corrected chi connectivity index (χ1v) is 9.01. The number of halogens is 1. The second kappa shape index (κ2) is 9.73. The summed E-state index contributed by atoms with van der Waals surface area (Å²) in [5.74, 6) is 1.52. The van der Waals surface area contributed by atoms with E-state index in [2.05, 4.69) is 17.6 Å². The Morgan fingerprint density at radius 3 is 2.60 bits per heavy atom. The second-order valence-corrected chi connectivity index (χ2v) is 6.65. The third-order valence-corrected chi connectivity index (χ3v) is 4.77. The molecule has 7 heteroatoms. The summed E-state index contributed by atoms with van der Waals surface area (Å²) in [5, 5.41) is 5.94. The molecular weight excluding hydrogens is 344 g/mol. The number of hydrogen-bond donors (Lipinski definition) is 2. The molecule has 0 aromatic heterocycles. The molecule has 2 amide bonds. The molecule has 2 rings (SSSR count). The Labute approximate surface area is 154 Å². The number of rotatable bonds is 7. The van der Waals surface area contributed by atoms with Gasteiger partial charge < -0.3 is 24.8 Å². The van der Waals surface area contributed by atoms with Gasteiger partial charge in [0.25, 0.3) is 0 Å². The quantitative estimate of drug-likeness (QED) is 0.710. The molecule has 2 atom stereocenters. The Morgan fingerprint density at radius 1 is 1.20 bits per heavy atom. The lowest BCUT2D eigenvalue weighted by molar-refractivity contribution is -0.00232. The smallest absolute Gasteiger partial charge is 0.319 e. The van der Waals surface area contributed by atoms with E-state index >= 15 is 0 Å². The topological polar surface area (TPSA) is 68.8 Å². The Hall–Kier alpha value is -1.66. The third kappa shape index (κ3) is 5.68. The van der Waals surface area contributed by atoms with Crippen molar-refractivity contribution >= 4 is 23.3 Å². The van der Waals surface area contributed by atoms with Gasteiger partial charge in [0, 0.05) is 18.7 Å². The Morgan fingerprint density at radius 2 is 1.92 bits per heavy atom. The van der Waals surface area contributed by atoms with Crippen LogP contribution in [-0.2, 0) is 4.74 Å². The van der Waals surface area contributed by atoms with E-state index in [1.165, 1.54) is 33.5 Å². The van der Waals surface area contributed by atoms with Crippen LogP contribution in [0.5, 0.6) is 11.5 Å². The third-order valence-electron chi connectivity index (χ3n) is 4.47. The molecule has 140 valence electrons. The van der Waals surface area contributed by atoms with E-state index in [1.54, 1.807) is 12.1 Å². The van der Waals surface area contributed by atoms with E-state index < -0.39 is 0 Å². The Kier molecular flexibility index (Phi) is 7.65. The van der Waals surface area contributed by atoms with Crippen molar-refractivity contribution in [2.75, 3.05) is 32.7 Å². The van der Waals surface area contributed by atoms with Crippen LogP contribution in [0, 0.1) is 5.92 Å². The molecule has 0 unspecified atom stereocenters. The average molecular weight is 371 g/mol. The van der Waals surface area contributed by atoms with Gasteiger partial charge in [-0.05, 0) is 18.8 Å². The Bertz CT molecular complexity index is 582. The van der Waals surface area contributed by atoms with Gasteiger partial charge in [-0.3, -0.25) is 0 Å². The molecular formula is C18H27ClN2O4. The molecule has 0 bridgehead atoms. The summed E-state index contributed by atoms with van der Waals surface area (Å²) in [5.41, 5.74) is 0.489. The largest absolute Gasteiger partial charge is 0.495 e. The lowest BCUT2D eigenvalue weighted by Gasteiger charge is -2.28. The summed E-state index contributed by atoms with van der Waals surface area (Å²) >= 11 is 6.05. The van der Waals surface area contributed by atoms with Gasteiger partial charge in [-0.25, -0.2) is 4.79 Å². The first-order chi connectivity index (χ1) is 12.0. The summed E-state index contributed by atoms with van der Waals surface area (Å²) in [6.07, 6.45) is 5.14. The molecule has 25 heavy (non-hydrogen) atoms. The molecule has 2 N–H and O–H groups in total. The number of benzene rings is 1. The molecule has 0 spiro atoms. The fourth-order valence-corrected chi connectivity index (χ4v) is 3.26. The zero-order valence-corrected chi connectivity index (χ0v) is 15.8. The fraction of sp³-hybridized carbons (Fsp3) is 0.611. The molecule has 1 fully saturated rings. The molecule has 1 aromatic carbocycles.